The van der Waals surface area contributed by atoms with Crippen molar-refractivity contribution in [1.29, 1.82) is 0 Å². The standard InChI is InChI=1S/C15H26N2O/c1-16-10-6-8-11(9-7-10)17(2)15(18)14-12-4-3-5-13(12)14/h10-14,16H,3-9H2,1-2H3. The SMILES string of the molecule is CNC1CCC(N(C)C(=O)C2C3CCCC32)CC1. The monoisotopic (exact) mass is 250 g/mol. The molecule has 3 rings (SSSR count). The van der Waals surface area contributed by atoms with Gasteiger partial charge in [0.2, 0.25) is 5.91 Å². The second kappa shape index (κ2) is 4.84. The quantitative estimate of drug-likeness (QED) is 0.831. The first kappa shape index (κ1) is 12.5. The van der Waals surface area contributed by atoms with Crippen molar-refractivity contribution in [3.05, 3.63) is 0 Å². The molecular weight excluding hydrogens is 224 g/mol. The van der Waals surface area contributed by atoms with Crippen LogP contribution in [0.5, 0.6) is 0 Å². The molecule has 0 aromatic rings. The molecule has 1 amide bonds. The normalized spacial score (nSPS) is 42.4. The molecule has 0 spiro atoms. The molecule has 18 heavy (non-hydrogen) atoms. The van der Waals surface area contributed by atoms with Gasteiger partial charge in [0.1, 0.15) is 0 Å². The Bertz CT molecular complexity index is 312. The zero-order valence-electron chi connectivity index (χ0n) is 11.7. The van der Waals surface area contributed by atoms with Gasteiger partial charge in [-0.05, 0) is 57.4 Å². The van der Waals surface area contributed by atoms with Crippen LogP contribution in [0.4, 0.5) is 0 Å². The molecule has 3 saturated carbocycles. The molecule has 0 aliphatic heterocycles. The molecule has 3 aliphatic carbocycles. The van der Waals surface area contributed by atoms with Gasteiger partial charge in [-0.15, -0.1) is 0 Å². The first-order valence-electron chi connectivity index (χ1n) is 7.66. The lowest BCUT2D eigenvalue weighted by Crippen LogP contribution is -2.43. The molecule has 0 aromatic carbocycles. The van der Waals surface area contributed by atoms with Gasteiger partial charge in [-0.1, -0.05) is 6.42 Å². The predicted molar refractivity (Wildman–Crippen MR) is 72.2 cm³/mol. The number of carbonyl (C=O) groups is 1. The van der Waals surface area contributed by atoms with Crippen molar-refractivity contribution in [3.63, 3.8) is 0 Å². The fourth-order valence-electron chi connectivity index (χ4n) is 4.35. The fraction of sp³-hybridized carbons (Fsp3) is 0.933. The number of rotatable bonds is 3. The van der Waals surface area contributed by atoms with E-state index >= 15 is 0 Å². The summed E-state index contributed by atoms with van der Waals surface area (Å²) < 4.78 is 0. The maximum Gasteiger partial charge on any atom is 0.226 e. The fourth-order valence-corrected chi connectivity index (χ4v) is 4.35. The van der Waals surface area contributed by atoms with Crippen molar-refractivity contribution >= 4 is 5.91 Å². The number of carbonyl (C=O) groups excluding carboxylic acids is 1. The molecule has 3 nitrogen and oxygen atoms in total. The topological polar surface area (TPSA) is 32.3 Å². The average Bonchev–Trinajstić information content (AvgIpc) is 2.89. The van der Waals surface area contributed by atoms with Crippen LogP contribution in [0.25, 0.3) is 0 Å². The molecule has 0 radical (unpaired) electrons. The molecule has 0 heterocycles. The van der Waals surface area contributed by atoms with Gasteiger partial charge in [0, 0.05) is 25.0 Å². The summed E-state index contributed by atoms with van der Waals surface area (Å²) in [6, 6.07) is 1.17. The molecule has 0 aromatic heterocycles. The third kappa shape index (κ3) is 2.07. The van der Waals surface area contributed by atoms with E-state index in [1.807, 2.05) is 14.1 Å². The second-order valence-electron chi connectivity index (χ2n) is 6.53. The molecule has 3 aliphatic rings. The number of hydrogen-bond acceptors (Lipinski definition) is 2. The van der Waals surface area contributed by atoms with E-state index in [-0.39, 0.29) is 0 Å². The van der Waals surface area contributed by atoms with Gasteiger partial charge in [-0.2, -0.15) is 0 Å². The zero-order valence-corrected chi connectivity index (χ0v) is 11.7. The number of fused-ring (bicyclic) bond motifs is 1. The largest absolute Gasteiger partial charge is 0.343 e. The van der Waals surface area contributed by atoms with E-state index in [1.165, 1.54) is 44.9 Å². The van der Waals surface area contributed by atoms with Crippen LogP contribution in [0.3, 0.4) is 0 Å². The summed E-state index contributed by atoms with van der Waals surface area (Å²) in [5, 5.41) is 3.36. The molecule has 1 N–H and O–H groups in total. The minimum Gasteiger partial charge on any atom is -0.343 e. The van der Waals surface area contributed by atoms with E-state index in [0.29, 0.717) is 23.9 Å². The molecule has 3 heteroatoms. The molecule has 0 bridgehead atoms. The van der Waals surface area contributed by atoms with Crippen LogP contribution < -0.4 is 5.32 Å². The Kier molecular flexibility index (Phi) is 3.35. The number of nitrogens with one attached hydrogen (secondary N) is 1. The van der Waals surface area contributed by atoms with Crippen LogP contribution >= 0.6 is 0 Å². The molecule has 102 valence electrons. The van der Waals surface area contributed by atoms with E-state index in [2.05, 4.69) is 10.2 Å². The smallest absolute Gasteiger partial charge is 0.226 e. The zero-order chi connectivity index (χ0) is 12.7. The summed E-state index contributed by atoms with van der Waals surface area (Å²) in [5.41, 5.74) is 0. The van der Waals surface area contributed by atoms with Crippen molar-refractivity contribution < 1.29 is 4.79 Å². The van der Waals surface area contributed by atoms with E-state index in [4.69, 9.17) is 0 Å². The van der Waals surface area contributed by atoms with E-state index in [1.54, 1.807) is 0 Å². The maximum absolute atomic E-state index is 12.5. The van der Waals surface area contributed by atoms with Gasteiger partial charge in [0.05, 0.1) is 0 Å². The van der Waals surface area contributed by atoms with Crippen molar-refractivity contribution in [2.45, 2.75) is 57.0 Å². The van der Waals surface area contributed by atoms with Gasteiger partial charge in [-0.25, -0.2) is 0 Å². The van der Waals surface area contributed by atoms with Crippen molar-refractivity contribution in [3.8, 4) is 0 Å². The van der Waals surface area contributed by atoms with Gasteiger partial charge in [0.25, 0.3) is 0 Å². The Balaban J connectivity index is 1.52. The van der Waals surface area contributed by atoms with Gasteiger partial charge < -0.3 is 10.2 Å². The highest BCUT2D eigenvalue weighted by Crippen LogP contribution is 2.58. The van der Waals surface area contributed by atoms with E-state index in [9.17, 15) is 4.79 Å². The van der Waals surface area contributed by atoms with Crippen LogP contribution in [-0.2, 0) is 4.79 Å². The minimum atomic E-state index is 0.408. The molecule has 2 atom stereocenters. The van der Waals surface area contributed by atoms with Crippen molar-refractivity contribution in [2.75, 3.05) is 14.1 Å². The highest BCUT2D eigenvalue weighted by atomic mass is 16.2. The maximum atomic E-state index is 12.5. The van der Waals surface area contributed by atoms with Crippen LogP contribution in [0.1, 0.15) is 44.9 Å². The number of nitrogens with zero attached hydrogens (tertiary/aromatic N) is 1. The lowest BCUT2D eigenvalue weighted by atomic mass is 9.90. The number of amides is 1. The summed E-state index contributed by atoms with van der Waals surface area (Å²) >= 11 is 0. The van der Waals surface area contributed by atoms with E-state index < -0.39 is 0 Å². The summed E-state index contributed by atoms with van der Waals surface area (Å²) in [6.45, 7) is 0. The highest BCUT2D eigenvalue weighted by Gasteiger charge is 2.57. The highest BCUT2D eigenvalue weighted by molar-refractivity contribution is 5.82. The Labute approximate surface area is 110 Å². The van der Waals surface area contributed by atoms with Crippen LogP contribution in [0.15, 0.2) is 0 Å². The van der Waals surface area contributed by atoms with Crippen LogP contribution in [-0.4, -0.2) is 37.0 Å². The molecule has 2 unspecified atom stereocenters. The summed E-state index contributed by atoms with van der Waals surface area (Å²) in [7, 11) is 4.09. The average molecular weight is 250 g/mol. The van der Waals surface area contributed by atoms with Gasteiger partial charge in [-0.3, -0.25) is 4.79 Å². The summed E-state index contributed by atoms with van der Waals surface area (Å²) in [6.07, 6.45) is 8.76. The van der Waals surface area contributed by atoms with Crippen LogP contribution in [0, 0.1) is 17.8 Å². The molecule has 3 fully saturated rings. The summed E-state index contributed by atoms with van der Waals surface area (Å²) in [4.78, 5) is 14.6. The molecule has 0 saturated heterocycles. The lowest BCUT2D eigenvalue weighted by molar-refractivity contribution is -0.134. The van der Waals surface area contributed by atoms with Crippen molar-refractivity contribution in [2.24, 2.45) is 17.8 Å². The third-order valence-electron chi connectivity index (χ3n) is 5.69. The number of hydrogen-bond donors (Lipinski definition) is 1. The van der Waals surface area contributed by atoms with Gasteiger partial charge in [0.15, 0.2) is 0 Å². The lowest BCUT2D eigenvalue weighted by Gasteiger charge is -2.35. The first-order valence-corrected chi connectivity index (χ1v) is 7.66. The minimum absolute atomic E-state index is 0.408. The van der Waals surface area contributed by atoms with E-state index in [0.717, 1.165) is 11.8 Å². The first-order chi connectivity index (χ1) is 8.72. The Morgan fingerprint density at radius 3 is 2.22 bits per heavy atom. The third-order valence-corrected chi connectivity index (χ3v) is 5.69. The van der Waals surface area contributed by atoms with Crippen molar-refractivity contribution in [1.82, 2.24) is 10.2 Å². The molecular formula is C15H26N2O. The second-order valence-corrected chi connectivity index (χ2v) is 6.53. The Hall–Kier alpha value is -0.570. The van der Waals surface area contributed by atoms with Crippen LogP contribution in [0.2, 0.25) is 0 Å². The Morgan fingerprint density at radius 1 is 1.06 bits per heavy atom. The predicted octanol–water partition coefficient (Wildman–Crippen LogP) is 2.02. The summed E-state index contributed by atoms with van der Waals surface area (Å²) in [5.74, 6) is 2.38. The van der Waals surface area contributed by atoms with Gasteiger partial charge >= 0.3 is 0 Å². The Morgan fingerprint density at radius 2 is 1.67 bits per heavy atom.